The third-order valence-electron chi connectivity index (χ3n) is 2.59. The Kier molecular flexibility index (Phi) is 3.71. The summed E-state index contributed by atoms with van der Waals surface area (Å²) in [6, 6.07) is 0. The molecular weight excluding hydrogens is 224 g/mol. The van der Waals surface area contributed by atoms with Crippen molar-refractivity contribution in [3.8, 4) is 0 Å². The molecule has 0 aromatic carbocycles. The number of aromatic nitrogens is 2. The molecule has 2 heterocycles. The summed E-state index contributed by atoms with van der Waals surface area (Å²) in [5, 5.41) is 6.97. The summed E-state index contributed by atoms with van der Waals surface area (Å²) < 4.78 is 1.74. The first-order valence-electron chi connectivity index (χ1n) is 5.39. The highest BCUT2D eigenvalue weighted by Gasteiger charge is 2.22. The van der Waals surface area contributed by atoms with E-state index in [1.165, 1.54) is 0 Å². The average Bonchev–Trinajstić information content (AvgIpc) is 2.89. The molecule has 0 bridgehead atoms. The molecule has 1 fully saturated rings. The van der Waals surface area contributed by atoms with Gasteiger partial charge in [0.25, 0.3) is 0 Å². The highest BCUT2D eigenvalue weighted by Crippen LogP contribution is 2.23. The Bertz CT molecular complexity index is 359. The Morgan fingerprint density at radius 2 is 2.62 bits per heavy atom. The minimum atomic E-state index is 0.171. The smallest absolute Gasteiger partial charge is 0.224 e. The van der Waals surface area contributed by atoms with Crippen LogP contribution in [0.25, 0.3) is 0 Å². The molecule has 0 aliphatic carbocycles. The van der Waals surface area contributed by atoms with Crippen molar-refractivity contribution in [2.24, 2.45) is 5.92 Å². The molecule has 1 saturated heterocycles. The van der Waals surface area contributed by atoms with Gasteiger partial charge in [-0.05, 0) is 12.2 Å². The minimum Gasteiger partial charge on any atom is -0.396 e. The molecule has 0 radical (unpaired) electrons. The van der Waals surface area contributed by atoms with Gasteiger partial charge in [0.05, 0.1) is 18.4 Å². The maximum Gasteiger partial charge on any atom is 0.224 e. The van der Waals surface area contributed by atoms with Crippen molar-refractivity contribution >= 4 is 23.4 Å². The van der Waals surface area contributed by atoms with E-state index >= 15 is 0 Å². The third-order valence-corrected chi connectivity index (χ3v) is 3.76. The van der Waals surface area contributed by atoms with Crippen LogP contribution >= 0.6 is 11.8 Å². The first-order chi connectivity index (χ1) is 7.75. The monoisotopic (exact) mass is 240 g/mol. The summed E-state index contributed by atoms with van der Waals surface area (Å²) in [6.07, 6.45) is 4.37. The fourth-order valence-electron chi connectivity index (χ4n) is 1.68. The third kappa shape index (κ3) is 2.91. The number of amides is 1. The van der Waals surface area contributed by atoms with Crippen LogP contribution in [0.15, 0.2) is 12.4 Å². The van der Waals surface area contributed by atoms with Gasteiger partial charge in [-0.2, -0.15) is 16.9 Å². The second kappa shape index (κ2) is 5.25. The number of carbonyl (C=O) groups excluding carboxylic acids is 1. The van der Waals surface area contributed by atoms with Crippen LogP contribution < -0.4 is 11.1 Å². The first-order valence-corrected chi connectivity index (χ1v) is 6.54. The zero-order valence-corrected chi connectivity index (χ0v) is 9.87. The zero-order chi connectivity index (χ0) is 11.4. The SMILES string of the molecule is Nc1cnn(CCNC(=O)C2CCSC2)c1. The molecule has 1 aromatic rings. The summed E-state index contributed by atoms with van der Waals surface area (Å²) in [7, 11) is 0. The summed E-state index contributed by atoms with van der Waals surface area (Å²) in [5.74, 6) is 2.44. The maximum atomic E-state index is 11.7. The summed E-state index contributed by atoms with van der Waals surface area (Å²) in [4.78, 5) is 11.7. The van der Waals surface area contributed by atoms with Gasteiger partial charge < -0.3 is 11.1 Å². The lowest BCUT2D eigenvalue weighted by Gasteiger charge is -2.09. The van der Waals surface area contributed by atoms with E-state index in [1.54, 1.807) is 17.1 Å². The number of nitrogens with one attached hydrogen (secondary N) is 1. The van der Waals surface area contributed by atoms with Gasteiger partial charge in [-0.1, -0.05) is 0 Å². The van der Waals surface area contributed by atoms with Gasteiger partial charge >= 0.3 is 0 Å². The number of nitrogen functional groups attached to an aromatic ring is 1. The highest BCUT2D eigenvalue weighted by atomic mass is 32.2. The second-order valence-corrected chi connectivity index (χ2v) is 5.04. The lowest BCUT2D eigenvalue weighted by atomic mass is 10.1. The Morgan fingerprint density at radius 1 is 1.75 bits per heavy atom. The van der Waals surface area contributed by atoms with Gasteiger partial charge in [0.1, 0.15) is 0 Å². The van der Waals surface area contributed by atoms with Gasteiger partial charge in [-0.15, -0.1) is 0 Å². The molecule has 6 heteroatoms. The lowest BCUT2D eigenvalue weighted by molar-refractivity contribution is -0.124. The Labute approximate surface area is 98.8 Å². The molecule has 5 nitrogen and oxygen atoms in total. The van der Waals surface area contributed by atoms with Gasteiger partial charge in [-0.25, -0.2) is 0 Å². The minimum absolute atomic E-state index is 0.171. The lowest BCUT2D eigenvalue weighted by Crippen LogP contribution is -2.33. The topological polar surface area (TPSA) is 72.9 Å². The number of hydrogen-bond donors (Lipinski definition) is 2. The first kappa shape index (κ1) is 11.3. The van der Waals surface area contributed by atoms with Crippen molar-refractivity contribution in [3.05, 3.63) is 12.4 Å². The van der Waals surface area contributed by atoms with Crippen molar-refractivity contribution in [1.82, 2.24) is 15.1 Å². The van der Waals surface area contributed by atoms with Crippen molar-refractivity contribution in [3.63, 3.8) is 0 Å². The zero-order valence-electron chi connectivity index (χ0n) is 9.06. The number of nitrogens with zero attached hydrogens (tertiary/aromatic N) is 2. The van der Waals surface area contributed by atoms with Crippen LogP contribution in [0.5, 0.6) is 0 Å². The number of nitrogens with two attached hydrogens (primary N) is 1. The molecule has 1 aromatic heterocycles. The van der Waals surface area contributed by atoms with Crippen LogP contribution in [0, 0.1) is 5.92 Å². The predicted octanol–water partition coefficient (Wildman–Crippen LogP) is 0.335. The van der Waals surface area contributed by atoms with Crippen molar-refractivity contribution in [1.29, 1.82) is 0 Å². The Balaban J connectivity index is 1.69. The van der Waals surface area contributed by atoms with E-state index in [2.05, 4.69) is 10.4 Å². The standard InChI is InChI=1S/C10H16N4OS/c11-9-5-13-14(6-9)3-2-12-10(15)8-1-4-16-7-8/h5-6,8H,1-4,7,11H2,(H,12,15). The number of carbonyl (C=O) groups is 1. The number of hydrogen-bond acceptors (Lipinski definition) is 4. The van der Waals surface area contributed by atoms with E-state index < -0.39 is 0 Å². The second-order valence-electron chi connectivity index (χ2n) is 3.89. The molecular formula is C10H16N4OS. The fraction of sp³-hybridized carbons (Fsp3) is 0.600. The van der Waals surface area contributed by atoms with E-state index in [4.69, 9.17) is 5.73 Å². The van der Waals surface area contributed by atoms with Crippen LogP contribution in [-0.4, -0.2) is 33.7 Å². The van der Waals surface area contributed by atoms with Gasteiger partial charge in [0, 0.05) is 24.4 Å². The van der Waals surface area contributed by atoms with E-state index in [-0.39, 0.29) is 11.8 Å². The molecule has 1 unspecified atom stereocenters. The Morgan fingerprint density at radius 3 is 3.25 bits per heavy atom. The van der Waals surface area contributed by atoms with Crippen LogP contribution in [0.2, 0.25) is 0 Å². The van der Waals surface area contributed by atoms with Crippen molar-refractivity contribution < 1.29 is 4.79 Å². The van der Waals surface area contributed by atoms with Gasteiger partial charge in [0.2, 0.25) is 5.91 Å². The molecule has 0 spiro atoms. The Hall–Kier alpha value is -1.17. The van der Waals surface area contributed by atoms with E-state index in [0.29, 0.717) is 18.8 Å². The maximum absolute atomic E-state index is 11.7. The molecule has 0 saturated carbocycles. The molecule has 3 N–H and O–H groups in total. The molecule has 2 rings (SSSR count). The average molecular weight is 240 g/mol. The van der Waals surface area contributed by atoms with Crippen LogP contribution in [0.4, 0.5) is 5.69 Å². The largest absolute Gasteiger partial charge is 0.396 e. The number of anilines is 1. The normalized spacial score (nSPS) is 19.9. The fourth-order valence-corrected chi connectivity index (χ4v) is 2.90. The summed E-state index contributed by atoms with van der Waals surface area (Å²) in [6.45, 7) is 1.28. The van der Waals surface area contributed by atoms with Gasteiger partial charge in [-0.3, -0.25) is 9.48 Å². The van der Waals surface area contributed by atoms with Crippen molar-refractivity contribution in [2.45, 2.75) is 13.0 Å². The number of thioether (sulfide) groups is 1. The van der Waals surface area contributed by atoms with Crippen molar-refractivity contribution in [2.75, 3.05) is 23.8 Å². The highest BCUT2D eigenvalue weighted by molar-refractivity contribution is 7.99. The van der Waals surface area contributed by atoms with Crippen LogP contribution in [0.1, 0.15) is 6.42 Å². The van der Waals surface area contributed by atoms with Crippen LogP contribution in [-0.2, 0) is 11.3 Å². The molecule has 1 atom stereocenters. The molecule has 1 aliphatic heterocycles. The molecule has 1 aliphatic rings. The van der Waals surface area contributed by atoms with E-state index in [1.807, 2.05) is 11.8 Å². The summed E-state index contributed by atoms with van der Waals surface area (Å²) >= 11 is 1.85. The van der Waals surface area contributed by atoms with Crippen LogP contribution in [0.3, 0.4) is 0 Å². The predicted molar refractivity (Wildman–Crippen MR) is 65.1 cm³/mol. The van der Waals surface area contributed by atoms with E-state index in [0.717, 1.165) is 17.9 Å². The quantitative estimate of drug-likeness (QED) is 0.795. The van der Waals surface area contributed by atoms with Gasteiger partial charge in [0.15, 0.2) is 0 Å². The summed E-state index contributed by atoms with van der Waals surface area (Å²) in [5.41, 5.74) is 6.19. The van der Waals surface area contributed by atoms with E-state index in [9.17, 15) is 4.79 Å². The molecule has 16 heavy (non-hydrogen) atoms. The number of rotatable bonds is 4. The molecule has 88 valence electrons. The molecule has 1 amide bonds.